The highest BCUT2D eigenvalue weighted by atomic mass is 16.5. The van der Waals surface area contributed by atoms with Crippen LogP contribution in [0.15, 0.2) is 17.3 Å². The SMILES string of the molecule is COc1ccc2c(c1OC)C(=NO)OC(C)[CH]2. The summed E-state index contributed by atoms with van der Waals surface area (Å²) < 4.78 is 15.9. The Kier molecular flexibility index (Phi) is 3.08. The highest BCUT2D eigenvalue weighted by Gasteiger charge is 2.28. The van der Waals surface area contributed by atoms with Crippen molar-refractivity contribution < 1.29 is 19.4 Å². The molecular formula is C12H14NO4. The number of benzene rings is 1. The maximum atomic E-state index is 8.99. The molecule has 2 rings (SSSR count). The van der Waals surface area contributed by atoms with E-state index in [4.69, 9.17) is 19.4 Å². The lowest BCUT2D eigenvalue weighted by Crippen LogP contribution is -2.25. The Hall–Kier alpha value is -1.91. The molecule has 0 amide bonds. The van der Waals surface area contributed by atoms with Crippen LogP contribution in [0, 0.1) is 6.42 Å². The van der Waals surface area contributed by atoms with E-state index in [1.54, 1.807) is 13.2 Å². The van der Waals surface area contributed by atoms with Gasteiger partial charge in [0.05, 0.1) is 19.8 Å². The molecule has 0 aromatic heterocycles. The van der Waals surface area contributed by atoms with Crippen molar-refractivity contribution >= 4 is 5.90 Å². The highest BCUT2D eigenvalue weighted by Crippen LogP contribution is 2.37. The topological polar surface area (TPSA) is 60.3 Å². The third kappa shape index (κ3) is 1.88. The molecule has 1 aliphatic heterocycles. The van der Waals surface area contributed by atoms with Crippen LogP contribution >= 0.6 is 0 Å². The summed E-state index contributed by atoms with van der Waals surface area (Å²) >= 11 is 0. The Bertz CT molecular complexity index is 456. The normalized spacial score (nSPS) is 20.6. The predicted octanol–water partition coefficient (Wildman–Crippen LogP) is 1.81. The Labute approximate surface area is 99.6 Å². The minimum atomic E-state index is -0.147. The highest BCUT2D eigenvalue weighted by molar-refractivity contribution is 6.00. The van der Waals surface area contributed by atoms with Crippen LogP contribution in [0.25, 0.3) is 0 Å². The van der Waals surface area contributed by atoms with Crippen molar-refractivity contribution in [3.05, 3.63) is 29.7 Å². The Morgan fingerprint density at radius 3 is 2.65 bits per heavy atom. The molecule has 17 heavy (non-hydrogen) atoms. The standard InChI is InChI=1S/C12H14NO4/c1-7-6-8-4-5-9(15-2)11(16-3)10(8)12(13-14)17-7/h4-7,14H,1-3H3. The molecule has 1 radical (unpaired) electrons. The van der Waals surface area contributed by atoms with Gasteiger partial charge in [0.15, 0.2) is 11.5 Å². The summed E-state index contributed by atoms with van der Waals surface area (Å²) in [6.45, 7) is 1.87. The average molecular weight is 236 g/mol. The van der Waals surface area contributed by atoms with Crippen molar-refractivity contribution in [1.82, 2.24) is 0 Å². The quantitative estimate of drug-likeness (QED) is 0.628. The lowest BCUT2D eigenvalue weighted by atomic mass is 9.97. The molecule has 5 heteroatoms. The van der Waals surface area contributed by atoms with Crippen LogP contribution in [0.2, 0.25) is 0 Å². The van der Waals surface area contributed by atoms with Gasteiger partial charge in [0.1, 0.15) is 6.10 Å². The Morgan fingerprint density at radius 2 is 2.06 bits per heavy atom. The van der Waals surface area contributed by atoms with E-state index in [-0.39, 0.29) is 12.0 Å². The summed E-state index contributed by atoms with van der Waals surface area (Å²) in [7, 11) is 3.08. The van der Waals surface area contributed by atoms with Crippen LogP contribution in [0.3, 0.4) is 0 Å². The molecule has 1 unspecified atom stereocenters. The molecule has 0 bridgehead atoms. The second-order valence-corrected chi connectivity index (χ2v) is 3.66. The summed E-state index contributed by atoms with van der Waals surface area (Å²) in [6.07, 6.45) is 1.78. The zero-order valence-corrected chi connectivity index (χ0v) is 9.93. The van der Waals surface area contributed by atoms with E-state index in [2.05, 4.69) is 5.16 Å². The molecule has 5 nitrogen and oxygen atoms in total. The van der Waals surface area contributed by atoms with Crippen molar-refractivity contribution in [2.24, 2.45) is 5.16 Å². The Morgan fingerprint density at radius 1 is 1.29 bits per heavy atom. The van der Waals surface area contributed by atoms with Crippen LogP contribution in [0.4, 0.5) is 0 Å². The van der Waals surface area contributed by atoms with Crippen LogP contribution in [0.5, 0.6) is 11.5 Å². The minimum absolute atomic E-state index is 0.144. The van der Waals surface area contributed by atoms with Crippen LogP contribution in [0.1, 0.15) is 18.1 Å². The molecular weight excluding hydrogens is 222 g/mol. The maximum Gasteiger partial charge on any atom is 0.261 e. The molecule has 0 aliphatic carbocycles. The second-order valence-electron chi connectivity index (χ2n) is 3.66. The molecule has 1 N–H and O–H groups in total. The van der Waals surface area contributed by atoms with Gasteiger partial charge in [0, 0.05) is 6.42 Å². The van der Waals surface area contributed by atoms with E-state index < -0.39 is 0 Å². The third-order valence-electron chi connectivity index (χ3n) is 2.59. The van der Waals surface area contributed by atoms with E-state index >= 15 is 0 Å². The summed E-state index contributed by atoms with van der Waals surface area (Å²) in [5, 5.41) is 12.2. The van der Waals surface area contributed by atoms with E-state index in [0.717, 1.165) is 5.56 Å². The Balaban J connectivity index is 2.63. The number of hydrogen-bond acceptors (Lipinski definition) is 5. The lowest BCUT2D eigenvalue weighted by molar-refractivity contribution is 0.209. The van der Waals surface area contributed by atoms with Crippen molar-refractivity contribution in [2.75, 3.05) is 14.2 Å². The fourth-order valence-electron chi connectivity index (χ4n) is 1.90. The first-order valence-electron chi connectivity index (χ1n) is 5.20. The monoisotopic (exact) mass is 236 g/mol. The van der Waals surface area contributed by atoms with Crippen molar-refractivity contribution in [2.45, 2.75) is 13.0 Å². The fraction of sp³-hybridized carbons (Fsp3) is 0.333. The number of hydrogen-bond donors (Lipinski definition) is 1. The van der Waals surface area contributed by atoms with Gasteiger partial charge in [-0.15, -0.1) is 0 Å². The first-order valence-corrected chi connectivity index (χ1v) is 5.20. The number of nitrogens with zero attached hydrogens (tertiary/aromatic N) is 1. The summed E-state index contributed by atoms with van der Waals surface area (Å²) in [5.74, 6) is 1.21. The van der Waals surface area contributed by atoms with Crippen molar-refractivity contribution in [1.29, 1.82) is 0 Å². The van der Waals surface area contributed by atoms with Crippen LogP contribution < -0.4 is 9.47 Å². The predicted molar refractivity (Wildman–Crippen MR) is 61.8 cm³/mol. The first kappa shape index (κ1) is 11.6. The molecule has 1 heterocycles. The van der Waals surface area contributed by atoms with Crippen LogP contribution in [-0.4, -0.2) is 31.4 Å². The molecule has 1 atom stereocenters. The molecule has 1 aromatic carbocycles. The van der Waals surface area contributed by atoms with Crippen molar-refractivity contribution in [3.8, 4) is 11.5 Å². The maximum absolute atomic E-state index is 8.99. The van der Waals surface area contributed by atoms with E-state index in [9.17, 15) is 0 Å². The molecule has 91 valence electrons. The average Bonchev–Trinajstić information content (AvgIpc) is 2.36. The molecule has 1 aliphatic rings. The summed E-state index contributed by atoms with van der Waals surface area (Å²) in [6, 6.07) is 3.68. The van der Waals surface area contributed by atoms with E-state index in [0.29, 0.717) is 17.1 Å². The van der Waals surface area contributed by atoms with Gasteiger partial charge in [0.2, 0.25) is 0 Å². The largest absolute Gasteiger partial charge is 0.493 e. The van der Waals surface area contributed by atoms with Gasteiger partial charge in [0.25, 0.3) is 5.90 Å². The summed E-state index contributed by atoms with van der Waals surface area (Å²) in [4.78, 5) is 0. The molecule has 0 saturated carbocycles. The zero-order chi connectivity index (χ0) is 12.4. The van der Waals surface area contributed by atoms with Gasteiger partial charge in [-0.2, -0.15) is 0 Å². The van der Waals surface area contributed by atoms with Crippen molar-refractivity contribution in [3.63, 3.8) is 0 Å². The number of oxime groups is 1. The summed E-state index contributed by atoms with van der Waals surface area (Å²) in [5.41, 5.74) is 1.50. The number of rotatable bonds is 2. The van der Waals surface area contributed by atoms with Gasteiger partial charge in [-0.05, 0) is 23.7 Å². The molecule has 0 saturated heterocycles. The van der Waals surface area contributed by atoms with Gasteiger partial charge in [-0.3, -0.25) is 0 Å². The number of ether oxygens (including phenoxy) is 3. The third-order valence-corrected chi connectivity index (χ3v) is 2.59. The van der Waals surface area contributed by atoms with Gasteiger partial charge in [-0.25, -0.2) is 0 Å². The fourth-order valence-corrected chi connectivity index (χ4v) is 1.90. The van der Waals surface area contributed by atoms with E-state index in [1.807, 2.05) is 19.4 Å². The van der Waals surface area contributed by atoms with E-state index in [1.165, 1.54) is 7.11 Å². The zero-order valence-electron chi connectivity index (χ0n) is 9.93. The van der Waals surface area contributed by atoms with Crippen LogP contribution in [-0.2, 0) is 4.74 Å². The van der Waals surface area contributed by atoms with Gasteiger partial charge >= 0.3 is 0 Å². The smallest absolute Gasteiger partial charge is 0.261 e. The molecule has 1 aromatic rings. The molecule has 0 spiro atoms. The van der Waals surface area contributed by atoms with Gasteiger partial charge in [-0.1, -0.05) is 6.07 Å². The minimum Gasteiger partial charge on any atom is -0.493 e. The molecule has 0 fully saturated rings. The number of fused-ring (bicyclic) bond motifs is 1. The second kappa shape index (κ2) is 4.53. The lowest BCUT2D eigenvalue weighted by Gasteiger charge is -2.25. The first-order chi connectivity index (χ1) is 8.21. The van der Waals surface area contributed by atoms with Gasteiger partial charge < -0.3 is 19.4 Å². The number of methoxy groups -OCH3 is 2.